The van der Waals surface area contributed by atoms with Gasteiger partial charge >= 0.3 is 0 Å². The zero-order chi connectivity index (χ0) is 17.7. The van der Waals surface area contributed by atoms with Gasteiger partial charge in [0.25, 0.3) is 0 Å². The van der Waals surface area contributed by atoms with Crippen LogP contribution in [0.4, 0.5) is 0 Å². The highest BCUT2D eigenvalue weighted by Crippen LogP contribution is 2.51. The summed E-state index contributed by atoms with van der Waals surface area (Å²) in [5, 5.41) is 0. The molecule has 4 aliphatic rings. The van der Waals surface area contributed by atoms with Gasteiger partial charge in [0.05, 0.1) is 6.61 Å². The van der Waals surface area contributed by atoms with E-state index < -0.39 is 5.60 Å². The first kappa shape index (κ1) is 16.5. The fourth-order valence-corrected chi connectivity index (χ4v) is 4.80. The zero-order valence-electron chi connectivity index (χ0n) is 15.3. The number of rotatable bonds is 4. The van der Waals surface area contributed by atoms with Crippen LogP contribution >= 0.6 is 0 Å². The molecule has 2 saturated heterocycles. The number of fused-ring (bicyclic) bond motifs is 2. The lowest BCUT2D eigenvalue weighted by atomic mass is 9.97. The second kappa shape index (κ2) is 6.19. The van der Waals surface area contributed by atoms with Gasteiger partial charge in [-0.25, -0.2) is 4.99 Å². The molecule has 0 amide bonds. The molecule has 138 valence electrons. The number of hydrogen-bond donors (Lipinski definition) is 1. The summed E-state index contributed by atoms with van der Waals surface area (Å²) in [7, 11) is 0. The predicted molar refractivity (Wildman–Crippen MR) is 101 cm³/mol. The maximum Gasteiger partial charge on any atom is 0.221 e. The summed E-state index contributed by atoms with van der Waals surface area (Å²) >= 11 is 0. The van der Waals surface area contributed by atoms with Gasteiger partial charge in [0.1, 0.15) is 11.7 Å². The van der Waals surface area contributed by atoms with E-state index in [1.165, 1.54) is 18.7 Å². The van der Waals surface area contributed by atoms with Crippen molar-refractivity contribution < 1.29 is 9.47 Å². The van der Waals surface area contributed by atoms with Crippen LogP contribution in [0.5, 0.6) is 0 Å². The number of nitrogens with zero attached hydrogens (tertiary/aromatic N) is 2. The van der Waals surface area contributed by atoms with Gasteiger partial charge in [-0.3, -0.25) is 4.90 Å². The molecule has 0 radical (unpaired) electrons. The summed E-state index contributed by atoms with van der Waals surface area (Å²) in [6.45, 7) is 6.92. The van der Waals surface area contributed by atoms with Gasteiger partial charge in [0.15, 0.2) is 0 Å². The Morgan fingerprint density at radius 2 is 2.00 bits per heavy atom. The molecule has 3 heterocycles. The van der Waals surface area contributed by atoms with E-state index in [1.54, 1.807) is 0 Å². The monoisotopic (exact) mass is 353 g/mol. The van der Waals surface area contributed by atoms with Gasteiger partial charge in [-0.1, -0.05) is 30.3 Å². The minimum atomic E-state index is -0.400. The van der Waals surface area contributed by atoms with Crippen molar-refractivity contribution in [2.75, 3.05) is 26.2 Å². The van der Waals surface area contributed by atoms with Crippen molar-refractivity contribution >= 4 is 5.90 Å². The second-order valence-corrected chi connectivity index (χ2v) is 8.33. The molecule has 1 aromatic rings. The molecule has 0 spiro atoms. The Bertz CT molecular complexity index is 732. The van der Waals surface area contributed by atoms with Crippen molar-refractivity contribution in [1.82, 2.24) is 4.90 Å². The number of ether oxygens (including phenoxy) is 2. The van der Waals surface area contributed by atoms with E-state index >= 15 is 0 Å². The van der Waals surface area contributed by atoms with Gasteiger partial charge in [0.2, 0.25) is 5.90 Å². The number of hydrogen-bond acceptors (Lipinski definition) is 5. The minimum Gasteiger partial charge on any atom is -0.468 e. The van der Waals surface area contributed by atoms with Crippen LogP contribution in [0.1, 0.15) is 30.6 Å². The molecule has 1 aromatic carbocycles. The molecule has 26 heavy (non-hydrogen) atoms. The van der Waals surface area contributed by atoms with Gasteiger partial charge in [-0.05, 0) is 42.3 Å². The Balaban J connectivity index is 1.21. The highest BCUT2D eigenvalue weighted by Gasteiger charge is 2.54. The Morgan fingerprint density at radius 3 is 2.73 bits per heavy atom. The van der Waals surface area contributed by atoms with E-state index in [-0.39, 0.29) is 6.10 Å². The Kier molecular flexibility index (Phi) is 3.92. The molecule has 3 aliphatic heterocycles. The molecule has 0 aromatic heterocycles. The summed E-state index contributed by atoms with van der Waals surface area (Å²) in [5.41, 5.74) is 7.92. The molecular weight excluding hydrogens is 326 g/mol. The number of likely N-dealkylation sites (tertiary alicyclic amines) is 1. The number of benzene rings is 1. The molecule has 5 nitrogen and oxygen atoms in total. The van der Waals surface area contributed by atoms with Crippen molar-refractivity contribution in [1.29, 1.82) is 0 Å². The molecule has 3 unspecified atom stereocenters. The SMILES string of the molecule is CC12CC=CN=C1O[C@@H](c1ccc(CN3CC4C(CN)[C@@H]4C3)cc1)CO2. The van der Waals surface area contributed by atoms with E-state index in [4.69, 9.17) is 15.2 Å². The van der Waals surface area contributed by atoms with Crippen LogP contribution in [-0.4, -0.2) is 42.6 Å². The smallest absolute Gasteiger partial charge is 0.221 e. The maximum absolute atomic E-state index is 6.15. The summed E-state index contributed by atoms with van der Waals surface area (Å²) < 4.78 is 12.2. The van der Waals surface area contributed by atoms with Gasteiger partial charge in [0, 0.05) is 32.3 Å². The number of aliphatic imine (C=N–C) groups is 1. The Labute approximate surface area is 154 Å². The van der Waals surface area contributed by atoms with Crippen molar-refractivity contribution in [2.24, 2.45) is 28.5 Å². The molecular formula is C21H27N3O2. The van der Waals surface area contributed by atoms with E-state index in [0.717, 1.165) is 42.8 Å². The molecule has 0 bridgehead atoms. The Hall–Kier alpha value is -1.69. The molecule has 2 N–H and O–H groups in total. The van der Waals surface area contributed by atoms with Crippen LogP contribution in [0.3, 0.4) is 0 Å². The summed E-state index contributed by atoms with van der Waals surface area (Å²) in [6, 6.07) is 8.79. The standard InChI is InChI=1S/C21H27N3O2/c1-21-7-2-8-23-20(21)26-19(13-25-21)15-5-3-14(4-6-15)10-24-11-17-16(9-22)18(17)12-24/h2-6,8,16-19H,7,9-13,22H2,1H3/t16?,17-,18?,19+,21?/m0/s1. The second-order valence-electron chi connectivity index (χ2n) is 8.33. The van der Waals surface area contributed by atoms with Crippen LogP contribution in [0.25, 0.3) is 0 Å². The average molecular weight is 353 g/mol. The minimum absolute atomic E-state index is 0.0767. The third-order valence-electron chi connectivity index (χ3n) is 6.54. The van der Waals surface area contributed by atoms with Crippen LogP contribution in [0, 0.1) is 17.8 Å². The quantitative estimate of drug-likeness (QED) is 0.903. The summed E-state index contributed by atoms with van der Waals surface area (Å²) in [6.07, 6.45) is 4.58. The topological polar surface area (TPSA) is 60.1 Å². The van der Waals surface area contributed by atoms with E-state index in [1.807, 2.05) is 19.2 Å². The summed E-state index contributed by atoms with van der Waals surface area (Å²) in [5.74, 6) is 3.20. The van der Waals surface area contributed by atoms with Crippen molar-refractivity contribution in [3.63, 3.8) is 0 Å². The molecule has 1 aliphatic carbocycles. The molecule has 5 heteroatoms. The lowest BCUT2D eigenvalue weighted by molar-refractivity contribution is -0.0833. The normalized spacial score (nSPS) is 38.3. The zero-order valence-corrected chi connectivity index (χ0v) is 15.3. The van der Waals surface area contributed by atoms with Crippen LogP contribution in [-0.2, 0) is 16.0 Å². The largest absolute Gasteiger partial charge is 0.468 e. The predicted octanol–water partition coefficient (Wildman–Crippen LogP) is 2.49. The van der Waals surface area contributed by atoms with Crippen LogP contribution in [0.2, 0.25) is 0 Å². The van der Waals surface area contributed by atoms with E-state index in [9.17, 15) is 0 Å². The van der Waals surface area contributed by atoms with Crippen LogP contribution in [0.15, 0.2) is 41.5 Å². The number of piperidine rings is 1. The average Bonchev–Trinajstić information content (AvgIpc) is 3.14. The van der Waals surface area contributed by atoms with Crippen LogP contribution < -0.4 is 5.73 Å². The lowest BCUT2D eigenvalue weighted by Crippen LogP contribution is -2.47. The molecule has 5 rings (SSSR count). The number of nitrogens with two attached hydrogens (primary N) is 1. The first-order chi connectivity index (χ1) is 12.7. The van der Waals surface area contributed by atoms with E-state index in [0.29, 0.717) is 12.5 Å². The van der Waals surface area contributed by atoms with Crippen molar-refractivity contribution in [3.8, 4) is 0 Å². The summed E-state index contributed by atoms with van der Waals surface area (Å²) in [4.78, 5) is 6.94. The maximum atomic E-state index is 6.15. The Morgan fingerprint density at radius 1 is 1.23 bits per heavy atom. The molecule has 1 saturated carbocycles. The highest BCUT2D eigenvalue weighted by atomic mass is 16.6. The van der Waals surface area contributed by atoms with Crippen molar-refractivity contribution in [3.05, 3.63) is 47.7 Å². The fourth-order valence-electron chi connectivity index (χ4n) is 4.80. The fraction of sp³-hybridized carbons (Fsp3) is 0.571. The highest BCUT2D eigenvalue weighted by molar-refractivity contribution is 5.87. The van der Waals surface area contributed by atoms with E-state index in [2.05, 4.69) is 34.2 Å². The first-order valence-electron chi connectivity index (χ1n) is 9.71. The lowest BCUT2D eigenvalue weighted by Gasteiger charge is -2.39. The first-order valence-corrected chi connectivity index (χ1v) is 9.71. The molecule has 5 atom stereocenters. The van der Waals surface area contributed by atoms with Gasteiger partial charge < -0.3 is 15.2 Å². The van der Waals surface area contributed by atoms with Gasteiger partial charge in [-0.2, -0.15) is 0 Å². The third-order valence-corrected chi connectivity index (χ3v) is 6.54. The third kappa shape index (κ3) is 2.79. The molecule has 3 fully saturated rings. The van der Waals surface area contributed by atoms with Gasteiger partial charge in [-0.15, -0.1) is 0 Å². The van der Waals surface area contributed by atoms with Crippen molar-refractivity contribution in [2.45, 2.75) is 31.6 Å².